The highest BCUT2D eigenvalue weighted by atomic mass is 79.9. The molecule has 0 aliphatic heterocycles. The summed E-state index contributed by atoms with van der Waals surface area (Å²) in [6, 6.07) is 4.84. The lowest BCUT2D eigenvalue weighted by atomic mass is 10.1. The highest BCUT2D eigenvalue weighted by Crippen LogP contribution is 2.26. The number of nitrogens with two attached hydrogens (primary N) is 1. The van der Waals surface area contributed by atoms with Crippen molar-refractivity contribution in [3.05, 3.63) is 28.2 Å². The molecule has 4 nitrogen and oxygen atoms in total. The van der Waals surface area contributed by atoms with Gasteiger partial charge >= 0.3 is 6.18 Å². The molecule has 0 bridgehead atoms. The van der Waals surface area contributed by atoms with Crippen molar-refractivity contribution < 1.29 is 18.4 Å². The van der Waals surface area contributed by atoms with Crippen LogP contribution in [-0.4, -0.2) is 30.8 Å². The maximum absolute atomic E-state index is 12.2. The van der Waals surface area contributed by atoms with E-state index in [1.807, 2.05) is 0 Å². The van der Waals surface area contributed by atoms with Gasteiger partial charge in [0.05, 0.1) is 6.42 Å². The first kappa shape index (κ1) is 15.6. The normalized spacial score (nSPS) is 12.6. The van der Waals surface area contributed by atoms with Crippen molar-refractivity contribution in [3.63, 3.8) is 0 Å². The van der Waals surface area contributed by atoms with Gasteiger partial charge in [-0.05, 0) is 18.2 Å². The molecule has 0 saturated heterocycles. The fourth-order valence-electron chi connectivity index (χ4n) is 1.51. The van der Waals surface area contributed by atoms with Gasteiger partial charge in [-0.25, -0.2) is 0 Å². The zero-order chi connectivity index (χ0) is 14.6. The predicted octanol–water partition coefficient (Wildman–Crippen LogP) is 2.93. The van der Waals surface area contributed by atoms with Gasteiger partial charge in [0.1, 0.15) is 0 Å². The molecule has 3 N–H and O–H groups in total. The molecule has 0 unspecified atom stereocenters. The van der Waals surface area contributed by atoms with E-state index in [9.17, 15) is 13.2 Å². The van der Waals surface area contributed by atoms with E-state index in [-0.39, 0.29) is 12.4 Å². The number of rotatable bonds is 4. The highest BCUT2D eigenvalue weighted by molar-refractivity contribution is 9.10. The highest BCUT2D eigenvalue weighted by Gasteiger charge is 2.27. The van der Waals surface area contributed by atoms with Gasteiger partial charge in [0, 0.05) is 29.3 Å². The number of benzene rings is 1. The Balaban J connectivity index is 3.00. The van der Waals surface area contributed by atoms with Gasteiger partial charge in [0.15, 0.2) is 5.84 Å². The van der Waals surface area contributed by atoms with Gasteiger partial charge in [-0.3, -0.25) is 0 Å². The average Bonchev–Trinajstić information content (AvgIpc) is 2.34. The minimum absolute atomic E-state index is 0.152. The topological polar surface area (TPSA) is 61.8 Å². The van der Waals surface area contributed by atoms with Crippen LogP contribution in [0.4, 0.5) is 18.9 Å². The Morgan fingerprint density at radius 1 is 1.47 bits per heavy atom. The van der Waals surface area contributed by atoms with Crippen LogP contribution in [0.1, 0.15) is 12.0 Å². The SMILES string of the molecule is CN(CCC(F)(F)F)c1cc(Br)ccc1/C(N)=N/O. The number of alkyl halides is 3. The molecule has 19 heavy (non-hydrogen) atoms. The minimum atomic E-state index is -4.23. The molecule has 0 aromatic heterocycles. The molecule has 0 atom stereocenters. The van der Waals surface area contributed by atoms with Gasteiger partial charge in [-0.2, -0.15) is 13.2 Å². The van der Waals surface area contributed by atoms with Gasteiger partial charge in [-0.15, -0.1) is 0 Å². The molecule has 0 aliphatic rings. The van der Waals surface area contributed by atoms with Crippen LogP contribution in [0.25, 0.3) is 0 Å². The van der Waals surface area contributed by atoms with Crippen LogP contribution in [0.2, 0.25) is 0 Å². The summed E-state index contributed by atoms with van der Waals surface area (Å²) < 4.78 is 37.3. The number of hydrogen-bond acceptors (Lipinski definition) is 3. The van der Waals surface area contributed by atoms with Crippen LogP contribution < -0.4 is 10.6 Å². The summed E-state index contributed by atoms with van der Waals surface area (Å²) in [5.41, 5.74) is 6.32. The molecule has 0 amide bonds. The van der Waals surface area contributed by atoms with Gasteiger partial charge < -0.3 is 15.8 Å². The van der Waals surface area contributed by atoms with Crippen LogP contribution in [0.3, 0.4) is 0 Å². The average molecular weight is 340 g/mol. The fourth-order valence-corrected chi connectivity index (χ4v) is 1.86. The minimum Gasteiger partial charge on any atom is -0.409 e. The van der Waals surface area contributed by atoms with Crippen molar-refractivity contribution in [2.24, 2.45) is 10.9 Å². The maximum Gasteiger partial charge on any atom is 0.390 e. The molecule has 1 aromatic carbocycles. The molecule has 8 heteroatoms. The zero-order valence-electron chi connectivity index (χ0n) is 10.1. The lowest BCUT2D eigenvalue weighted by molar-refractivity contribution is -0.132. The van der Waals surface area contributed by atoms with E-state index in [4.69, 9.17) is 10.9 Å². The Morgan fingerprint density at radius 3 is 2.63 bits per heavy atom. The maximum atomic E-state index is 12.2. The number of halogens is 4. The standard InChI is InChI=1S/C11H13BrF3N3O/c1-18(5-4-11(13,14)15)9-6-7(12)2-3-8(9)10(16)17-19/h2-3,6,19H,4-5H2,1H3,(H2,16,17). The summed E-state index contributed by atoms with van der Waals surface area (Å²) in [4.78, 5) is 1.41. The first-order chi connectivity index (χ1) is 8.74. The molecular formula is C11H13BrF3N3O. The largest absolute Gasteiger partial charge is 0.409 e. The smallest absolute Gasteiger partial charge is 0.390 e. The second-order valence-corrected chi connectivity index (χ2v) is 4.85. The Labute approximate surface area is 116 Å². The molecule has 1 aromatic rings. The van der Waals surface area contributed by atoms with E-state index in [2.05, 4.69) is 21.1 Å². The quantitative estimate of drug-likeness (QED) is 0.383. The third-order valence-corrected chi connectivity index (χ3v) is 2.98. The third-order valence-electron chi connectivity index (χ3n) is 2.49. The number of hydrogen-bond donors (Lipinski definition) is 2. The van der Waals surface area contributed by atoms with Gasteiger partial charge in [0.2, 0.25) is 0 Å². The molecule has 0 spiro atoms. The molecule has 0 saturated carbocycles. The number of anilines is 1. The number of amidine groups is 1. The number of oxime groups is 1. The van der Waals surface area contributed by atoms with Gasteiger partial charge in [0.25, 0.3) is 0 Å². The Hall–Kier alpha value is -1.44. The van der Waals surface area contributed by atoms with Crippen molar-refractivity contribution in [3.8, 4) is 0 Å². The molecule has 106 valence electrons. The molecular weight excluding hydrogens is 327 g/mol. The zero-order valence-corrected chi connectivity index (χ0v) is 11.7. The van der Waals surface area contributed by atoms with Crippen molar-refractivity contribution in [2.45, 2.75) is 12.6 Å². The molecule has 0 heterocycles. The van der Waals surface area contributed by atoms with Crippen molar-refractivity contribution in [1.29, 1.82) is 0 Å². The fraction of sp³-hybridized carbons (Fsp3) is 0.364. The Bertz CT molecular complexity index is 477. The Kier molecular flexibility index (Phi) is 5.04. The molecule has 0 radical (unpaired) electrons. The second kappa shape index (κ2) is 6.14. The van der Waals surface area contributed by atoms with E-state index in [0.717, 1.165) is 0 Å². The second-order valence-electron chi connectivity index (χ2n) is 3.93. The summed E-state index contributed by atoms with van der Waals surface area (Å²) in [7, 11) is 1.52. The molecule has 1 rings (SSSR count). The first-order valence-electron chi connectivity index (χ1n) is 5.30. The van der Waals surface area contributed by atoms with E-state index in [1.54, 1.807) is 18.2 Å². The van der Waals surface area contributed by atoms with Crippen LogP contribution in [0.5, 0.6) is 0 Å². The van der Waals surface area contributed by atoms with Crippen molar-refractivity contribution in [1.82, 2.24) is 0 Å². The first-order valence-corrected chi connectivity index (χ1v) is 6.09. The summed E-state index contributed by atoms with van der Waals surface area (Å²) in [5, 5.41) is 11.5. The van der Waals surface area contributed by atoms with E-state index in [0.29, 0.717) is 15.7 Å². The summed E-state index contributed by atoms with van der Waals surface area (Å²) in [5.74, 6) is -0.152. The molecule has 0 fully saturated rings. The van der Waals surface area contributed by atoms with E-state index >= 15 is 0 Å². The van der Waals surface area contributed by atoms with Crippen LogP contribution >= 0.6 is 15.9 Å². The Morgan fingerprint density at radius 2 is 2.11 bits per heavy atom. The van der Waals surface area contributed by atoms with Crippen molar-refractivity contribution >= 4 is 27.5 Å². The monoisotopic (exact) mass is 339 g/mol. The predicted molar refractivity (Wildman–Crippen MR) is 70.6 cm³/mol. The van der Waals surface area contributed by atoms with Crippen molar-refractivity contribution in [2.75, 3.05) is 18.5 Å². The van der Waals surface area contributed by atoms with E-state index in [1.165, 1.54) is 11.9 Å². The molecule has 0 aliphatic carbocycles. The number of nitrogens with zero attached hydrogens (tertiary/aromatic N) is 2. The summed E-state index contributed by atoms with van der Waals surface area (Å²) in [6.07, 6.45) is -5.16. The van der Waals surface area contributed by atoms with E-state index < -0.39 is 12.6 Å². The lowest BCUT2D eigenvalue weighted by Gasteiger charge is -2.23. The third kappa shape index (κ3) is 4.62. The summed E-state index contributed by atoms with van der Waals surface area (Å²) in [6.45, 7) is -0.217. The van der Waals surface area contributed by atoms with Crippen LogP contribution in [0.15, 0.2) is 27.8 Å². The lowest BCUT2D eigenvalue weighted by Crippen LogP contribution is -2.27. The van der Waals surface area contributed by atoms with Gasteiger partial charge in [-0.1, -0.05) is 21.1 Å². The van der Waals surface area contributed by atoms with Crippen LogP contribution in [0, 0.1) is 0 Å². The summed E-state index contributed by atoms with van der Waals surface area (Å²) >= 11 is 3.23. The van der Waals surface area contributed by atoms with Crippen LogP contribution in [-0.2, 0) is 0 Å².